The fraction of sp³-hybridized carbons (Fsp3) is 0.529. The highest BCUT2D eigenvalue weighted by atomic mass is 127. The summed E-state index contributed by atoms with van der Waals surface area (Å²) in [6, 6.07) is 5.94. The van der Waals surface area contributed by atoms with E-state index in [-0.39, 0.29) is 48.3 Å². The van der Waals surface area contributed by atoms with Gasteiger partial charge < -0.3 is 16.0 Å². The number of nitrogens with one attached hydrogen (secondary N) is 3. The van der Waals surface area contributed by atoms with Gasteiger partial charge in [-0.25, -0.2) is 4.39 Å². The summed E-state index contributed by atoms with van der Waals surface area (Å²) in [5, 5.41) is 8.92. The number of benzene rings is 1. The largest absolute Gasteiger partial charge is 0.354 e. The third kappa shape index (κ3) is 9.69. The Bertz CT molecular complexity index is 520. The Morgan fingerprint density at radius 1 is 1.17 bits per heavy atom. The summed E-state index contributed by atoms with van der Waals surface area (Å²) in [7, 11) is 1.67. The maximum absolute atomic E-state index is 12.8. The Kier molecular flexibility index (Phi) is 11.4. The molecule has 0 heterocycles. The van der Waals surface area contributed by atoms with Crippen LogP contribution in [0.3, 0.4) is 0 Å². The van der Waals surface area contributed by atoms with Gasteiger partial charge in [0.15, 0.2) is 5.96 Å². The standard InChI is InChI=1S/C17H27FN4O.HI/c1-12(2)5-6-13(3)21-17(19-4)20-11-16(23)22-15-9-7-14(18)8-10-15;/h7-10,12-13H,5-6,11H2,1-4H3,(H,22,23)(H2,19,20,21);1H. The van der Waals surface area contributed by atoms with Crippen LogP contribution in [0.15, 0.2) is 29.3 Å². The Morgan fingerprint density at radius 2 is 1.79 bits per heavy atom. The minimum Gasteiger partial charge on any atom is -0.354 e. The normalized spacial score (nSPS) is 12.3. The maximum atomic E-state index is 12.8. The molecule has 0 saturated heterocycles. The maximum Gasteiger partial charge on any atom is 0.243 e. The van der Waals surface area contributed by atoms with Crippen molar-refractivity contribution in [3.05, 3.63) is 30.1 Å². The molecule has 0 radical (unpaired) electrons. The van der Waals surface area contributed by atoms with Gasteiger partial charge in [-0.2, -0.15) is 0 Å². The van der Waals surface area contributed by atoms with Crippen LogP contribution >= 0.6 is 24.0 Å². The summed E-state index contributed by atoms with van der Waals surface area (Å²) in [6.07, 6.45) is 2.18. The highest BCUT2D eigenvalue weighted by Gasteiger charge is 2.08. The Labute approximate surface area is 160 Å². The number of aliphatic imine (C=N–C) groups is 1. The number of hydrogen-bond acceptors (Lipinski definition) is 2. The average Bonchev–Trinajstić information content (AvgIpc) is 2.51. The van der Waals surface area contributed by atoms with Gasteiger partial charge >= 0.3 is 0 Å². The van der Waals surface area contributed by atoms with Gasteiger partial charge in [0.25, 0.3) is 0 Å². The second-order valence-corrected chi connectivity index (χ2v) is 6.00. The summed E-state index contributed by atoms with van der Waals surface area (Å²) in [5.74, 6) is 0.710. The van der Waals surface area contributed by atoms with Gasteiger partial charge in [0.05, 0.1) is 6.54 Å². The molecule has 5 nitrogen and oxygen atoms in total. The lowest BCUT2D eigenvalue weighted by atomic mass is 10.0. The zero-order chi connectivity index (χ0) is 17.2. The number of hydrogen-bond donors (Lipinski definition) is 3. The summed E-state index contributed by atoms with van der Waals surface area (Å²) in [5.41, 5.74) is 0.562. The molecule has 1 unspecified atom stereocenters. The van der Waals surface area contributed by atoms with Crippen LogP contribution in [0.4, 0.5) is 10.1 Å². The van der Waals surface area contributed by atoms with Crippen LogP contribution in [0.25, 0.3) is 0 Å². The number of carbonyl (C=O) groups excluding carboxylic acids is 1. The number of carbonyl (C=O) groups is 1. The Hall–Kier alpha value is -1.38. The van der Waals surface area contributed by atoms with Crippen molar-refractivity contribution >= 4 is 41.5 Å². The van der Waals surface area contributed by atoms with Crippen LogP contribution in [-0.4, -0.2) is 31.5 Å². The number of anilines is 1. The molecule has 0 aromatic heterocycles. The number of rotatable bonds is 7. The molecular weight excluding hydrogens is 422 g/mol. The lowest BCUT2D eigenvalue weighted by Crippen LogP contribution is -2.45. The first-order chi connectivity index (χ1) is 10.9. The van der Waals surface area contributed by atoms with Crippen molar-refractivity contribution in [2.24, 2.45) is 10.9 Å². The first kappa shape index (κ1) is 22.6. The minimum atomic E-state index is -0.332. The molecule has 7 heteroatoms. The molecule has 0 saturated carbocycles. The number of nitrogens with zero attached hydrogens (tertiary/aromatic N) is 1. The van der Waals surface area contributed by atoms with Crippen LogP contribution in [0, 0.1) is 11.7 Å². The molecule has 0 spiro atoms. The molecule has 0 aliphatic rings. The zero-order valence-electron chi connectivity index (χ0n) is 14.7. The number of halogens is 2. The van der Waals surface area contributed by atoms with E-state index in [4.69, 9.17) is 0 Å². The molecule has 1 aromatic carbocycles. The van der Waals surface area contributed by atoms with E-state index >= 15 is 0 Å². The van der Waals surface area contributed by atoms with Crippen molar-refractivity contribution in [2.75, 3.05) is 18.9 Å². The van der Waals surface area contributed by atoms with Gasteiger partial charge in [0.2, 0.25) is 5.91 Å². The first-order valence-electron chi connectivity index (χ1n) is 7.93. The third-order valence-corrected chi connectivity index (χ3v) is 3.33. The predicted molar refractivity (Wildman–Crippen MR) is 108 cm³/mol. The van der Waals surface area contributed by atoms with Gasteiger partial charge in [-0.05, 0) is 49.9 Å². The van der Waals surface area contributed by atoms with E-state index in [0.29, 0.717) is 17.6 Å². The van der Waals surface area contributed by atoms with E-state index < -0.39 is 0 Å². The topological polar surface area (TPSA) is 65.5 Å². The molecule has 1 amide bonds. The molecule has 0 fully saturated rings. The summed E-state index contributed by atoms with van der Waals surface area (Å²) < 4.78 is 12.8. The summed E-state index contributed by atoms with van der Waals surface area (Å²) in [6.45, 7) is 6.57. The van der Waals surface area contributed by atoms with Crippen LogP contribution in [0.2, 0.25) is 0 Å². The van der Waals surface area contributed by atoms with Gasteiger partial charge in [0.1, 0.15) is 5.82 Å². The van der Waals surface area contributed by atoms with Crippen molar-refractivity contribution in [1.82, 2.24) is 10.6 Å². The zero-order valence-corrected chi connectivity index (χ0v) is 17.1. The quantitative estimate of drug-likeness (QED) is 0.339. The second kappa shape index (κ2) is 12.0. The van der Waals surface area contributed by atoms with Crippen molar-refractivity contribution in [2.45, 2.75) is 39.7 Å². The van der Waals surface area contributed by atoms with Crippen LogP contribution in [0.5, 0.6) is 0 Å². The van der Waals surface area contributed by atoms with Gasteiger partial charge in [0, 0.05) is 18.8 Å². The highest BCUT2D eigenvalue weighted by Crippen LogP contribution is 2.08. The molecule has 1 aromatic rings. The van der Waals surface area contributed by atoms with Crippen LogP contribution in [-0.2, 0) is 4.79 Å². The van der Waals surface area contributed by atoms with Gasteiger partial charge in [-0.3, -0.25) is 9.79 Å². The molecule has 0 aliphatic heterocycles. The summed E-state index contributed by atoms with van der Waals surface area (Å²) in [4.78, 5) is 16.0. The number of guanidine groups is 1. The van der Waals surface area contributed by atoms with Crippen molar-refractivity contribution in [3.63, 3.8) is 0 Å². The van der Waals surface area contributed by atoms with Gasteiger partial charge in [-0.1, -0.05) is 13.8 Å². The smallest absolute Gasteiger partial charge is 0.243 e. The van der Waals surface area contributed by atoms with Gasteiger partial charge in [-0.15, -0.1) is 24.0 Å². The predicted octanol–water partition coefficient (Wildman–Crippen LogP) is 3.37. The molecule has 136 valence electrons. The van der Waals surface area contributed by atoms with E-state index in [2.05, 4.69) is 41.7 Å². The lowest BCUT2D eigenvalue weighted by Gasteiger charge is -2.18. The molecule has 1 atom stereocenters. The van der Waals surface area contributed by atoms with Crippen molar-refractivity contribution < 1.29 is 9.18 Å². The second-order valence-electron chi connectivity index (χ2n) is 6.00. The van der Waals surface area contributed by atoms with E-state index in [9.17, 15) is 9.18 Å². The third-order valence-electron chi connectivity index (χ3n) is 3.33. The lowest BCUT2D eigenvalue weighted by molar-refractivity contribution is -0.115. The van der Waals surface area contributed by atoms with Crippen molar-refractivity contribution in [3.8, 4) is 0 Å². The fourth-order valence-corrected chi connectivity index (χ4v) is 1.99. The first-order valence-corrected chi connectivity index (χ1v) is 7.93. The highest BCUT2D eigenvalue weighted by molar-refractivity contribution is 14.0. The van der Waals surface area contributed by atoms with E-state index in [1.54, 1.807) is 7.05 Å². The van der Waals surface area contributed by atoms with Crippen molar-refractivity contribution in [1.29, 1.82) is 0 Å². The Morgan fingerprint density at radius 3 is 2.33 bits per heavy atom. The molecule has 1 rings (SSSR count). The van der Waals surface area contributed by atoms with E-state index in [0.717, 1.165) is 12.8 Å². The molecular formula is C17H28FIN4O. The average molecular weight is 450 g/mol. The molecule has 0 aliphatic carbocycles. The fourth-order valence-electron chi connectivity index (χ4n) is 1.99. The van der Waals surface area contributed by atoms with Crippen LogP contribution < -0.4 is 16.0 Å². The molecule has 24 heavy (non-hydrogen) atoms. The SMILES string of the molecule is CN=C(NCC(=O)Nc1ccc(F)cc1)NC(C)CCC(C)C.I. The van der Waals surface area contributed by atoms with E-state index in [1.807, 2.05) is 0 Å². The number of amides is 1. The molecule has 3 N–H and O–H groups in total. The van der Waals surface area contributed by atoms with E-state index in [1.165, 1.54) is 24.3 Å². The Balaban J connectivity index is 0.00000529. The summed E-state index contributed by atoms with van der Waals surface area (Å²) >= 11 is 0. The minimum absolute atomic E-state index is 0. The monoisotopic (exact) mass is 450 g/mol. The molecule has 0 bridgehead atoms. The van der Waals surface area contributed by atoms with Crippen LogP contribution in [0.1, 0.15) is 33.6 Å².